The van der Waals surface area contributed by atoms with E-state index in [1.807, 2.05) is 41.2 Å². The number of phenols is 1. The minimum absolute atomic E-state index is 0.330. The first-order valence-electron chi connectivity index (χ1n) is 7.90. The van der Waals surface area contributed by atoms with Gasteiger partial charge in [-0.25, -0.2) is 0 Å². The maximum absolute atomic E-state index is 9.44. The van der Waals surface area contributed by atoms with Gasteiger partial charge >= 0.3 is 0 Å². The van der Waals surface area contributed by atoms with Gasteiger partial charge in [-0.3, -0.25) is 0 Å². The molecule has 1 fully saturated rings. The molecule has 0 aliphatic heterocycles. The summed E-state index contributed by atoms with van der Waals surface area (Å²) in [6.07, 6.45) is 4.58. The van der Waals surface area contributed by atoms with Gasteiger partial charge in [-0.1, -0.05) is 30.7 Å². The van der Waals surface area contributed by atoms with E-state index in [4.69, 9.17) is 0 Å². The lowest BCUT2D eigenvalue weighted by Crippen LogP contribution is -2.20. The minimum atomic E-state index is 0.330. The number of phenolic OH excluding ortho intramolecular Hbond substituents is 1. The molecule has 1 heterocycles. The van der Waals surface area contributed by atoms with Gasteiger partial charge in [-0.15, -0.1) is 0 Å². The Balaban J connectivity index is 1.58. The largest absolute Gasteiger partial charge is 0.508 e. The molecule has 3 aromatic rings. The van der Waals surface area contributed by atoms with E-state index in [1.54, 1.807) is 12.1 Å². The molecule has 1 aliphatic rings. The maximum atomic E-state index is 9.44. The number of benzene rings is 2. The lowest BCUT2D eigenvalue weighted by molar-refractivity contribution is 0.278. The van der Waals surface area contributed by atoms with Crippen LogP contribution in [0, 0.1) is 0 Å². The van der Waals surface area contributed by atoms with Crippen LogP contribution in [0.4, 0.5) is 0 Å². The summed E-state index contributed by atoms with van der Waals surface area (Å²) in [4.78, 5) is 1.91. The molecule has 22 heavy (non-hydrogen) atoms. The minimum Gasteiger partial charge on any atom is -0.508 e. The Bertz CT molecular complexity index is 745. The standard InChI is InChI=1S/C18H19N3O/c22-16-10-8-13(9-11-16)14-4-3-5-15(12-14)21-19-17-6-1-2-7-18(17)20-21/h1-2,6-11,14-15,22H,3-5,12H2. The van der Waals surface area contributed by atoms with Crippen LogP contribution in [0.1, 0.15) is 43.2 Å². The van der Waals surface area contributed by atoms with Gasteiger partial charge in [0.2, 0.25) is 0 Å². The van der Waals surface area contributed by atoms with Crippen molar-refractivity contribution in [1.29, 1.82) is 0 Å². The maximum Gasteiger partial charge on any atom is 0.115 e. The normalized spacial score (nSPS) is 22.0. The lowest BCUT2D eigenvalue weighted by atomic mass is 9.81. The second kappa shape index (κ2) is 5.44. The van der Waals surface area contributed by atoms with Gasteiger partial charge in [0.15, 0.2) is 0 Å². The van der Waals surface area contributed by atoms with E-state index in [0.29, 0.717) is 17.7 Å². The zero-order valence-electron chi connectivity index (χ0n) is 12.4. The monoisotopic (exact) mass is 293 g/mol. The van der Waals surface area contributed by atoms with Crippen molar-refractivity contribution in [2.45, 2.75) is 37.6 Å². The third-order valence-corrected chi connectivity index (χ3v) is 4.64. The zero-order valence-corrected chi connectivity index (χ0v) is 12.4. The summed E-state index contributed by atoms with van der Waals surface area (Å²) >= 11 is 0. The second-order valence-corrected chi connectivity index (χ2v) is 6.12. The van der Waals surface area contributed by atoms with Gasteiger partial charge in [0, 0.05) is 0 Å². The number of hydrogen-bond donors (Lipinski definition) is 1. The van der Waals surface area contributed by atoms with Crippen molar-refractivity contribution in [3.8, 4) is 5.75 Å². The number of nitrogens with zero attached hydrogens (tertiary/aromatic N) is 3. The summed E-state index contributed by atoms with van der Waals surface area (Å²) in [5.41, 5.74) is 3.24. The third-order valence-electron chi connectivity index (χ3n) is 4.64. The molecule has 1 aliphatic carbocycles. The van der Waals surface area contributed by atoms with Crippen molar-refractivity contribution >= 4 is 11.0 Å². The Kier molecular flexibility index (Phi) is 3.29. The fourth-order valence-electron chi connectivity index (χ4n) is 3.46. The molecular weight excluding hydrogens is 274 g/mol. The fourth-order valence-corrected chi connectivity index (χ4v) is 3.46. The smallest absolute Gasteiger partial charge is 0.115 e. The molecule has 0 spiro atoms. The quantitative estimate of drug-likeness (QED) is 0.776. The molecule has 4 rings (SSSR count). The topological polar surface area (TPSA) is 50.9 Å². The summed E-state index contributed by atoms with van der Waals surface area (Å²) < 4.78 is 0. The average molecular weight is 293 g/mol. The highest BCUT2D eigenvalue weighted by atomic mass is 16.3. The summed E-state index contributed by atoms with van der Waals surface area (Å²) in [6.45, 7) is 0. The van der Waals surface area contributed by atoms with Gasteiger partial charge in [-0.2, -0.15) is 15.0 Å². The molecule has 0 amide bonds. The van der Waals surface area contributed by atoms with Crippen LogP contribution in [-0.4, -0.2) is 20.1 Å². The van der Waals surface area contributed by atoms with Crippen molar-refractivity contribution in [2.75, 3.05) is 0 Å². The molecule has 1 N–H and O–H groups in total. The molecule has 112 valence electrons. The van der Waals surface area contributed by atoms with E-state index in [1.165, 1.54) is 18.4 Å². The van der Waals surface area contributed by atoms with Gasteiger partial charge in [-0.05, 0) is 55.0 Å². The third kappa shape index (κ3) is 2.45. The van der Waals surface area contributed by atoms with E-state index < -0.39 is 0 Å². The first kappa shape index (κ1) is 13.3. The van der Waals surface area contributed by atoms with E-state index in [9.17, 15) is 5.11 Å². The number of aromatic nitrogens is 3. The lowest BCUT2D eigenvalue weighted by Gasteiger charge is -2.28. The zero-order chi connectivity index (χ0) is 14.9. The predicted octanol–water partition coefficient (Wildman–Crippen LogP) is 4.04. The highest BCUT2D eigenvalue weighted by Gasteiger charge is 2.26. The first-order chi connectivity index (χ1) is 10.8. The number of aromatic hydroxyl groups is 1. The molecule has 0 saturated heterocycles. The highest BCUT2D eigenvalue weighted by molar-refractivity contribution is 5.72. The van der Waals surface area contributed by atoms with Crippen molar-refractivity contribution in [2.24, 2.45) is 0 Å². The van der Waals surface area contributed by atoms with Crippen LogP contribution in [0.2, 0.25) is 0 Å². The van der Waals surface area contributed by atoms with Crippen LogP contribution in [0.3, 0.4) is 0 Å². The fraction of sp³-hybridized carbons (Fsp3) is 0.333. The summed E-state index contributed by atoms with van der Waals surface area (Å²) in [6, 6.07) is 16.0. The van der Waals surface area contributed by atoms with Gasteiger partial charge in [0.25, 0.3) is 0 Å². The van der Waals surface area contributed by atoms with Gasteiger partial charge in [0.05, 0.1) is 6.04 Å². The molecule has 2 unspecified atom stereocenters. The molecule has 0 bridgehead atoms. The van der Waals surface area contributed by atoms with Crippen LogP contribution in [0.5, 0.6) is 5.75 Å². The molecule has 4 nitrogen and oxygen atoms in total. The SMILES string of the molecule is Oc1ccc(C2CCCC(n3nc4ccccc4n3)C2)cc1. The Hall–Kier alpha value is -2.36. The number of fused-ring (bicyclic) bond motifs is 1. The van der Waals surface area contributed by atoms with Crippen LogP contribution in [-0.2, 0) is 0 Å². The Morgan fingerprint density at radius 2 is 1.59 bits per heavy atom. The molecule has 4 heteroatoms. The summed E-state index contributed by atoms with van der Waals surface area (Å²) in [7, 11) is 0. The van der Waals surface area contributed by atoms with Crippen LogP contribution in [0.25, 0.3) is 11.0 Å². The highest BCUT2D eigenvalue weighted by Crippen LogP contribution is 2.38. The molecule has 0 radical (unpaired) electrons. The van der Waals surface area contributed by atoms with E-state index in [-0.39, 0.29) is 0 Å². The number of hydrogen-bond acceptors (Lipinski definition) is 3. The average Bonchev–Trinajstić information content (AvgIpc) is 3.00. The van der Waals surface area contributed by atoms with Crippen LogP contribution in [0.15, 0.2) is 48.5 Å². The van der Waals surface area contributed by atoms with Crippen molar-refractivity contribution in [1.82, 2.24) is 15.0 Å². The summed E-state index contributed by atoms with van der Waals surface area (Å²) in [5, 5.41) is 18.7. The van der Waals surface area contributed by atoms with Crippen molar-refractivity contribution in [3.05, 3.63) is 54.1 Å². The molecular formula is C18H19N3O. The molecule has 1 saturated carbocycles. The molecule has 1 aromatic heterocycles. The van der Waals surface area contributed by atoms with Crippen molar-refractivity contribution in [3.63, 3.8) is 0 Å². The van der Waals surface area contributed by atoms with Crippen LogP contribution < -0.4 is 0 Å². The first-order valence-corrected chi connectivity index (χ1v) is 7.90. The molecule has 2 atom stereocenters. The Morgan fingerprint density at radius 3 is 2.27 bits per heavy atom. The van der Waals surface area contributed by atoms with Crippen molar-refractivity contribution < 1.29 is 5.11 Å². The molecule has 2 aromatic carbocycles. The summed E-state index contributed by atoms with van der Waals surface area (Å²) in [5.74, 6) is 0.851. The Labute approximate surface area is 129 Å². The predicted molar refractivity (Wildman–Crippen MR) is 85.9 cm³/mol. The van der Waals surface area contributed by atoms with Crippen LogP contribution >= 0.6 is 0 Å². The van der Waals surface area contributed by atoms with Gasteiger partial charge in [0.1, 0.15) is 16.8 Å². The van der Waals surface area contributed by atoms with Gasteiger partial charge < -0.3 is 5.11 Å². The number of rotatable bonds is 2. The Morgan fingerprint density at radius 1 is 0.909 bits per heavy atom. The van der Waals surface area contributed by atoms with E-state index in [2.05, 4.69) is 10.2 Å². The van der Waals surface area contributed by atoms with E-state index in [0.717, 1.165) is 23.9 Å². The van der Waals surface area contributed by atoms with E-state index >= 15 is 0 Å². The second-order valence-electron chi connectivity index (χ2n) is 6.12.